The van der Waals surface area contributed by atoms with Crippen LogP contribution in [-0.4, -0.2) is 36.6 Å². The van der Waals surface area contributed by atoms with E-state index >= 15 is 0 Å². The fraction of sp³-hybridized carbons (Fsp3) is 0.895. The Morgan fingerprint density at radius 2 is 1.05 bits per heavy atom. The summed E-state index contributed by atoms with van der Waals surface area (Å²) in [5.41, 5.74) is 0. The van der Waals surface area contributed by atoms with E-state index in [-0.39, 0.29) is 0 Å². The molecule has 0 aromatic heterocycles. The third kappa shape index (κ3) is 14.2. The van der Waals surface area contributed by atoms with Gasteiger partial charge in [-0.1, -0.05) is 52.4 Å². The molecule has 0 fully saturated rings. The number of hydrogen-bond donors (Lipinski definition) is 0. The zero-order chi connectivity index (χ0) is 16.6. The van der Waals surface area contributed by atoms with Crippen LogP contribution in [0.3, 0.4) is 0 Å². The number of unbranched alkanes of at least 4 members (excludes halogenated alkanes) is 6. The average molecular weight is 312 g/mol. The van der Waals surface area contributed by atoms with Gasteiger partial charge in [-0.2, -0.15) is 0 Å². The first-order chi connectivity index (χ1) is 10.6. The molecule has 0 radical (unpaired) electrons. The maximum atomic E-state index is 11.8. The third-order valence-corrected chi connectivity index (χ3v) is 4.16. The number of carbonyl (C=O) groups excluding carboxylic acids is 2. The minimum absolute atomic E-state index is 0.369. The van der Waals surface area contributed by atoms with E-state index in [9.17, 15) is 9.59 Å². The molecule has 130 valence electrons. The molecule has 0 aromatic rings. The van der Waals surface area contributed by atoms with Gasteiger partial charge in [0.1, 0.15) is 11.6 Å². The van der Waals surface area contributed by atoms with E-state index in [0.717, 1.165) is 38.8 Å². The van der Waals surface area contributed by atoms with Crippen molar-refractivity contribution < 1.29 is 9.59 Å². The van der Waals surface area contributed by atoms with Crippen molar-refractivity contribution in [3.63, 3.8) is 0 Å². The van der Waals surface area contributed by atoms with Gasteiger partial charge in [0.15, 0.2) is 0 Å². The highest BCUT2D eigenvalue weighted by Crippen LogP contribution is 2.06. The molecule has 0 bridgehead atoms. The van der Waals surface area contributed by atoms with E-state index in [1.54, 1.807) is 0 Å². The summed E-state index contributed by atoms with van der Waals surface area (Å²) in [6.45, 7) is 5.94. The van der Waals surface area contributed by atoms with Crippen molar-refractivity contribution in [3.05, 3.63) is 0 Å². The predicted molar refractivity (Wildman–Crippen MR) is 94.3 cm³/mol. The first kappa shape index (κ1) is 21.3. The van der Waals surface area contributed by atoms with Crippen LogP contribution in [0.15, 0.2) is 0 Å². The average Bonchev–Trinajstić information content (AvgIpc) is 2.51. The van der Waals surface area contributed by atoms with Crippen molar-refractivity contribution >= 4 is 11.6 Å². The fourth-order valence-electron chi connectivity index (χ4n) is 2.49. The minimum atomic E-state index is 0.369. The van der Waals surface area contributed by atoms with Crippen LogP contribution in [0.25, 0.3) is 0 Å². The van der Waals surface area contributed by atoms with Crippen LogP contribution in [0.1, 0.15) is 90.9 Å². The maximum absolute atomic E-state index is 11.8. The normalized spacial score (nSPS) is 11.1. The van der Waals surface area contributed by atoms with Gasteiger partial charge in [0.05, 0.1) is 0 Å². The highest BCUT2D eigenvalue weighted by molar-refractivity contribution is 5.79. The molecule has 3 nitrogen and oxygen atoms in total. The van der Waals surface area contributed by atoms with Crippen LogP contribution in [0, 0.1) is 0 Å². The van der Waals surface area contributed by atoms with E-state index < -0.39 is 0 Å². The molecule has 22 heavy (non-hydrogen) atoms. The van der Waals surface area contributed by atoms with Gasteiger partial charge >= 0.3 is 0 Å². The van der Waals surface area contributed by atoms with Crippen LogP contribution in [0.5, 0.6) is 0 Å². The van der Waals surface area contributed by atoms with Gasteiger partial charge in [-0.3, -0.25) is 9.59 Å². The summed E-state index contributed by atoms with van der Waals surface area (Å²) in [4.78, 5) is 25.6. The molecule has 3 heteroatoms. The van der Waals surface area contributed by atoms with Crippen LogP contribution in [0.2, 0.25) is 0 Å². The Balaban J connectivity index is 3.53. The largest absolute Gasteiger partial charge is 0.305 e. The Morgan fingerprint density at radius 1 is 0.636 bits per heavy atom. The Bertz CT molecular complexity index is 261. The molecule has 0 aliphatic carbocycles. The molecule has 0 heterocycles. The molecule has 0 spiro atoms. The summed E-state index contributed by atoms with van der Waals surface area (Å²) in [5.74, 6) is 0.739. The van der Waals surface area contributed by atoms with E-state index in [1.807, 2.05) is 7.05 Å². The summed E-state index contributed by atoms with van der Waals surface area (Å²) in [5, 5.41) is 0. The molecule has 0 unspecified atom stereocenters. The predicted octanol–water partition coefficient (Wildman–Crippen LogP) is 4.78. The number of rotatable bonds is 16. The van der Waals surface area contributed by atoms with E-state index in [4.69, 9.17) is 0 Å². The second-order valence-corrected chi connectivity index (χ2v) is 6.50. The molecule has 0 aromatic carbocycles. The van der Waals surface area contributed by atoms with Crippen LogP contribution in [-0.2, 0) is 9.59 Å². The van der Waals surface area contributed by atoms with Gasteiger partial charge in [-0.15, -0.1) is 0 Å². The quantitative estimate of drug-likeness (QED) is 0.385. The standard InChI is InChI=1S/C19H37NO2/c1-4-6-8-10-12-18(21)14-16-20(3)17-15-19(22)13-11-9-7-5-2/h4-17H2,1-3H3. The zero-order valence-corrected chi connectivity index (χ0v) is 15.2. The second kappa shape index (κ2) is 15.2. The first-order valence-electron chi connectivity index (χ1n) is 9.32. The molecule has 0 amide bonds. The topological polar surface area (TPSA) is 37.4 Å². The Hall–Kier alpha value is -0.700. The lowest BCUT2D eigenvalue weighted by Crippen LogP contribution is -2.24. The van der Waals surface area contributed by atoms with Crippen molar-refractivity contribution in [2.75, 3.05) is 20.1 Å². The van der Waals surface area contributed by atoms with Gasteiger partial charge in [0.25, 0.3) is 0 Å². The van der Waals surface area contributed by atoms with E-state index in [0.29, 0.717) is 24.4 Å². The summed E-state index contributed by atoms with van der Waals surface area (Å²) < 4.78 is 0. The van der Waals surface area contributed by atoms with Gasteiger partial charge in [0.2, 0.25) is 0 Å². The Morgan fingerprint density at radius 3 is 1.41 bits per heavy atom. The highest BCUT2D eigenvalue weighted by atomic mass is 16.1. The van der Waals surface area contributed by atoms with Crippen LogP contribution < -0.4 is 0 Å². The molecule has 0 rings (SSSR count). The minimum Gasteiger partial charge on any atom is -0.305 e. The molecule has 0 atom stereocenters. The van der Waals surface area contributed by atoms with Crippen molar-refractivity contribution in [1.29, 1.82) is 0 Å². The van der Waals surface area contributed by atoms with E-state index in [2.05, 4.69) is 18.7 Å². The molecule has 0 saturated heterocycles. The Kier molecular flexibility index (Phi) is 14.7. The third-order valence-electron chi connectivity index (χ3n) is 4.16. The highest BCUT2D eigenvalue weighted by Gasteiger charge is 2.07. The lowest BCUT2D eigenvalue weighted by atomic mass is 10.1. The lowest BCUT2D eigenvalue weighted by Gasteiger charge is -2.15. The van der Waals surface area contributed by atoms with Gasteiger partial charge < -0.3 is 4.90 Å². The second-order valence-electron chi connectivity index (χ2n) is 6.50. The number of ketones is 2. The molecule has 0 saturated carbocycles. The van der Waals surface area contributed by atoms with Crippen LogP contribution in [0.4, 0.5) is 0 Å². The van der Waals surface area contributed by atoms with Gasteiger partial charge in [-0.05, 0) is 19.9 Å². The summed E-state index contributed by atoms with van der Waals surface area (Å²) in [7, 11) is 2.01. The summed E-state index contributed by atoms with van der Waals surface area (Å²) in [6.07, 6.45) is 12.0. The van der Waals surface area contributed by atoms with Crippen molar-refractivity contribution in [1.82, 2.24) is 4.90 Å². The molecule has 0 N–H and O–H groups in total. The maximum Gasteiger partial charge on any atom is 0.134 e. The fourth-order valence-corrected chi connectivity index (χ4v) is 2.49. The van der Waals surface area contributed by atoms with Crippen molar-refractivity contribution in [2.24, 2.45) is 0 Å². The molecule has 0 aliphatic heterocycles. The first-order valence-corrected chi connectivity index (χ1v) is 9.32. The smallest absolute Gasteiger partial charge is 0.134 e. The van der Waals surface area contributed by atoms with Gasteiger partial charge in [-0.25, -0.2) is 0 Å². The molecular formula is C19H37NO2. The van der Waals surface area contributed by atoms with Crippen LogP contribution >= 0.6 is 0 Å². The van der Waals surface area contributed by atoms with Crippen molar-refractivity contribution in [2.45, 2.75) is 90.9 Å². The number of hydrogen-bond acceptors (Lipinski definition) is 3. The lowest BCUT2D eigenvalue weighted by molar-refractivity contribution is -0.119. The van der Waals surface area contributed by atoms with E-state index in [1.165, 1.54) is 38.5 Å². The summed E-state index contributed by atoms with van der Waals surface area (Å²) >= 11 is 0. The summed E-state index contributed by atoms with van der Waals surface area (Å²) in [6, 6.07) is 0. The van der Waals surface area contributed by atoms with Gasteiger partial charge in [0, 0.05) is 38.8 Å². The Labute approximate surface area is 137 Å². The SMILES string of the molecule is CCCCCCC(=O)CCN(C)CCC(=O)CCCCCC. The van der Waals surface area contributed by atoms with Crippen molar-refractivity contribution in [3.8, 4) is 0 Å². The zero-order valence-electron chi connectivity index (χ0n) is 15.2. The monoisotopic (exact) mass is 311 g/mol. The molecular weight excluding hydrogens is 274 g/mol. The number of carbonyl (C=O) groups is 2. The number of Topliss-reactive ketones (excluding diaryl/α,β-unsaturated/α-hetero) is 2. The molecule has 0 aliphatic rings. The number of nitrogens with zero attached hydrogens (tertiary/aromatic N) is 1.